The summed E-state index contributed by atoms with van der Waals surface area (Å²) < 4.78 is 39.7. The van der Waals surface area contributed by atoms with Crippen molar-refractivity contribution in [2.24, 2.45) is 0 Å². The van der Waals surface area contributed by atoms with Gasteiger partial charge >= 0.3 is 6.18 Å². The van der Waals surface area contributed by atoms with Gasteiger partial charge in [0.25, 0.3) is 0 Å². The van der Waals surface area contributed by atoms with Crippen LogP contribution in [0.25, 0.3) is 0 Å². The summed E-state index contributed by atoms with van der Waals surface area (Å²) in [5.41, 5.74) is 5.02. The fourth-order valence-electron chi connectivity index (χ4n) is 3.16. The number of carbonyl (C=O) groups excluding carboxylic acids is 1. The molecule has 1 aliphatic rings. The van der Waals surface area contributed by atoms with E-state index in [0.29, 0.717) is 5.69 Å². The van der Waals surface area contributed by atoms with E-state index in [9.17, 15) is 18.0 Å². The number of carbonyl (C=O) groups is 1. The van der Waals surface area contributed by atoms with Gasteiger partial charge in [-0.25, -0.2) is 0 Å². The van der Waals surface area contributed by atoms with Crippen molar-refractivity contribution in [2.45, 2.75) is 45.2 Å². The zero-order valence-corrected chi connectivity index (χ0v) is 17.8. The Hall–Kier alpha value is -2.72. The molecule has 0 bridgehead atoms. The molecule has 0 fully saturated rings. The number of benzene rings is 2. The first kappa shape index (κ1) is 21.0. The smallest absolute Gasteiger partial charge is 0.376 e. The van der Waals surface area contributed by atoms with E-state index in [1.165, 1.54) is 13.0 Å². The fourth-order valence-corrected chi connectivity index (χ4v) is 3.67. The van der Waals surface area contributed by atoms with Gasteiger partial charge in [0, 0.05) is 5.56 Å². The number of hydrogen-bond acceptors (Lipinski definition) is 2. The number of nitrogens with one attached hydrogen (secondary N) is 2. The lowest BCUT2D eigenvalue weighted by Crippen LogP contribution is -2.16. The molecule has 1 unspecified atom stereocenters. The predicted octanol–water partition coefficient (Wildman–Crippen LogP) is 5.74. The number of aryl methyl sites for hydroxylation is 1. The second kappa shape index (κ2) is 7.60. The highest BCUT2D eigenvalue weighted by Crippen LogP contribution is 2.39. The monoisotopic (exact) mass is 416 g/mol. The molecule has 0 aromatic heterocycles. The first-order valence-electron chi connectivity index (χ1n) is 9.34. The van der Waals surface area contributed by atoms with Crippen LogP contribution in [0.4, 0.5) is 24.5 Å². The van der Waals surface area contributed by atoms with E-state index >= 15 is 0 Å². The molecule has 1 atom stereocenters. The molecule has 0 saturated carbocycles. The summed E-state index contributed by atoms with van der Waals surface area (Å²) in [7, 11) is -1.52. The number of amides is 1. The molecule has 0 saturated heterocycles. The molecular weight excluding hydrogens is 393 g/mol. The highest BCUT2D eigenvalue weighted by molar-refractivity contribution is 6.83. The summed E-state index contributed by atoms with van der Waals surface area (Å²) in [5, 5.41) is 5.83. The summed E-state index contributed by atoms with van der Waals surface area (Å²) in [5.74, 6) is 2.87. The lowest BCUT2D eigenvalue weighted by molar-refractivity contribution is -0.138. The highest BCUT2D eigenvalue weighted by Gasteiger charge is 2.34. The first-order valence-corrected chi connectivity index (χ1v) is 12.8. The van der Waals surface area contributed by atoms with Crippen molar-refractivity contribution in [2.75, 3.05) is 10.6 Å². The van der Waals surface area contributed by atoms with Gasteiger partial charge in [-0.3, -0.25) is 4.79 Å². The van der Waals surface area contributed by atoms with Crippen molar-refractivity contribution in [3.63, 3.8) is 0 Å². The van der Waals surface area contributed by atoms with Gasteiger partial charge in [0.05, 0.1) is 29.4 Å². The molecule has 0 spiro atoms. The Labute approximate surface area is 169 Å². The molecule has 3 nitrogen and oxygen atoms in total. The Kier molecular flexibility index (Phi) is 5.50. The van der Waals surface area contributed by atoms with E-state index in [1.807, 2.05) is 24.3 Å². The van der Waals surface area contributed by atoms with Crippen LogP contribution in [0.5, 0.6) is 0 Å². The Balaban J connectivity index is 1.97. The Morgan fingerprint density at radius 2 is 1.83 bits per heavy atom. The van der Waals surface area contributed by atoms with Crippen molar-refractivity contribution >= 4 is 25.4 Å². The molecule has 2 N–H and O–H groups in total. The molecule has 0 aliphatic carbocycles. The Morgan fingerprint density at radius 1 is 1.10 bits per heavy atom. The van der Waals surface area contributed by atoms with Gasteiger partial charge < -0.3 is 10.6 Å². The molecule has 3 rings (SSSR count). The summed E-state index contributed by atoms with van der Waals surface area (Å²) in [6.45, 7) is 7.90. The quantitative estimate of drug-likeness (QED) is 0.460. The normalized spacial score (nSPS) is 16.7. The second-order valence-electron chi connectivity index (χ2n) is 8.29. The summed E-state index contributed by atoms with van der Waals surface area (Å²) >= 11 is 0. The maximum Gasteiger partial charge on any atom is 0.416 e. The predicted molar refractivity (Wildman–Crippen MR) is 112 cm³/mol. The standard InChI is InChI=1S/C22H23F3N2OSi/c1-14-10-19-20(12-17(14)22(23,24)25)27-21(28)13-18(26-19)16-7-5-6-15(11-16)8-9-29(2,3)4/h5-7,10-12,18,26H,13H2,1-4H3,(H,27,28). The third kappa shape index (κ3) is 5.21. The van der Waals surface area contributed by atoms with Crippen molar-refractivity contribution in [3.8, 4) is 11.5 Å². The molecule has 29 heavy (non-hydrogen) atoms. The SMILES string of the molecule is Cc1cc2c(cc1C(F)(F)F)NC(=O)CC(c1cccc(C#C[Si](C)(C)C)c1)N2. The largest absolute Gasteiger partial charge is 0.416 e. The maximum atomic E-state index is 13.2. The minimum atomic E-state index is -4.47. The lowest BCUT2D eigenvalue weighted by atomic mass is 10.0. The van der Waals surface area contributed by atoms with Gasteiger partial charge in [-0.1, -0.05) is 37.7 Å². The number of halogens is 3. The third-order valence-corrected chi connectivity index (χ3v) is 5.41. The number of alkyl halides is 3. The van der Waals surface area contributed by atoms with Gasteiger partial charge in [0.1, 0.15) is 8.07 Å². The van der Waals surface area contributed by atoms with E-state index in [1.54, 1.807) is 0 Å². The van der Waals surface area contributed by atoms with Crippen LogP contribution in [0.3, 0.4) is 0 Å². The number of hydrogen-bond donors (Lipinski definition) is 2. The van der Waals surface area contributed by atoms with Crippen LogP contribution >= 0.6 is 0 Å². The van der Waals surface area contributed by atoms with Gasteiger partial charge in [-0.2, -0.15) is 13.2 Å². The van der Waals surface area contributed by atoms with E-state index in [-0.39, 0.29) is 29.6 Å². The number of rotatable bonds is 1. The zero-order chi connectivity index (χ0) is 21.4. The van der Waals surface area contributed by atoms with Crippen LogP contribution in [0.15, 0.2) is 36.4 Å². The van der Waals surface area contributed by atoms with Gasteiger partial charge in [-0.05, 0) is 42.3 Å². The first-order chi connectivity index (χ1) is 13.4. The van der Waals surface area contributed by atoms with Gasteiger partial charge in [-0.15, -0.1) is 5.54 Å². The summed E-state index contributed by atoms with van der Waals surface area (Å²) in [6, 6.07) is 9.70. The van der Waals surface area contributed by atoms with E-state index in [2.05, 4.69) is 41.7 Å². The zero-order valence-electron chi connectivity index (χ0n) is 16.8. The van der Waals surface area contributed by atoms with Gasteiger partial charge in [0.2, 0.25) is 5.91 Å². The summed E-state index contributed by atoms with van der Waals surface area (Å²) in [4.78, 5) is 12.4. The Morgan fingerprint density at radius 3 is 2.48 bits per heavy atom. The Bertz CT molecular complexity index is 1010. The number of fused-ring (bicyclic) bond motifs is 1. The maximum absolute atomic E-state index is 13.2. The molecule has 1 amide bonds. The minimum absolute atomic E-state index is 0.105. The molecule has 1 aliphatic heterocycles. The van der Waals surface area contributed by atoms with E-state index in [0.717, 1.165) is 17.2 Å². The molecule has 2 aromatic rings. The number of anilines is 2. The molecule has 7 heteroatoms. The fraction of sp³-hybridized carbons (Fsp3) is 0.318. The third-order valence-electron chi connectivity index (χ3n) is 4.53. The molecule has 2 aromatic carbocycles. The lowest BCUT2D eigenvalue weighted by Gasteiger charge is -2.19. The van der Waals surface area contributed by atoms with Crippen LogP contribution in [-0.2, 0) is 11.0 Å². The van der Waals surface area contributed by atoms with E-state index < -0.39 is 19.8 Å². The van der Waals surface area contributed by atoms with Crippen molar-refractivity contribution < 1.29 is 18.0 Å². The van der Waals surface area contributed by atoms with E-state index in [4.69, 9.17) is 0 Å². The van der Waals surface area contributed by atoms with Crippen LogP contribution in [0, 0.1) is 18.4 Å². The molecule has 0 radical (unpaired) electrons. The van der Waals surface area contributed by atoms with Crippen molar-refractivity contribution in [1.82, 2.24) is 0 Å². The topological polar surface area (TPSA) is 41.1 Å². The second-order valence-corrected chi connectivity index (χ2v) is 13.0. The minimum Gasteiger partial charge on any atom is -0.376 e. The average molecular weight is 417 g/mol. The highest BCUT2D eigenvalue weighted by atomic mass is 28.3. The molecular formula is C22H23F3N2OSi. The van der Waals surface area contributed by atoms with Crippen LogP contribution in [0.2, 0.25) is 19.6 Å². The van der Waals surface area contributed by atoms with Crippen LogP contribution < -0.4 is 10.6 Å². The molecule has 1 heterocycles. The van der Waals surface area contributed by atoms with Crippen molar-refractivity contribution in [1.29, 1.82) is 0 Å². The van der Waals surface area contributed by atoms with Crippen LogP contribution in [-0.4, -0.2) is 14.0 Å². The van der Waals surface area contributed by atoms with Gasteiger partial charge in [0.15, 0.2) is 0 Å². The molecule has 152 valence electrons. The summed E-state index contributed by atoms with van der Waals surface area (Å²) in [6.07, 6.45) is -4.36. The van der Waals surface area contributed by atoms with Crippen molar-refractivity contribution in [3.05, 3.63) is 58.7 Å². The average Bonchev–Trinajstić information content (AvgIpc) is 2.76. The van der Waals surface area contributed by atoms with Crippen LogP contribution in [0.1, 0.15) is 34.7 Å².